The number of nitriles is 1. The zero-order valence-electron chi connectivity index (χ0n) is 15.6. The van der Waals surface area contributed by atoms with Gasteiger partial charge in [0, 0.05) is 11.5 Å². The molecule has 1 aromatic carbocycles. The Hall–Kier alpha value is -2.97. The van der Waals surface area contributed by atoms with Crippen LogP contribution in [0.4, 0.5) is 5.13 Å². The Balaban J connectivity index is 2.24. The summed E-state index contributed by atoms with van der Waals surface area (Å²) in [4.78, 5) is 16.2. The van der Waals surface area contributed by atoms with Crippen molar-refractivity contribution in [3.63, 3.8) is 0 Å². The van der Waals surface area contributed by atoms with Crippen LogP contribution in [0.3, 0.4) is 0 Å². The summed E-state index contributed by atoms with van der Waals surface area (Å²) in [6.07, 6.45) is 1.37. The lowest BCUT2D eigenvalue weighted by Crippen LogP contribution is -2.16. The van der Waals surface area contributed by atoms with Crippen molar-refractivity contribution < 1.29 is 22.7 Å². The van der Waals surface area contributed by atoms with Crippen LogP contribution < -0.4 is 14.8 Å². The molecule has 0 aliphatic carbocycles. The first-order valence-corrected chi connectivity index (χ1v) is 10.3. The Kier molecular flexibility index (Phi) is 6.71. The van der Waals surface area contributed by atoms with Crippen LogP contribution in [-0.2, 0) is 14.6 Å². The number of benzene rings is 1. The molecule has 0 spiro atoms. The van der Waals surface area contributed by atoms with Gasteiger partial charge in [-0.3, -0.25) is 10.1 Å². The Labute approximate surface area is 166 Å². The predicted octanol–water partition coefficient (Wildman–Crippen LogP) is 2.28. The van der Waals surface area contributed by atoms with Gasteiger partial charge in [-0.15, -0.1) is 0 Å². The molecule has 1 heterocycles. The quantitative estimate of drug-likeness (QED) is 0.531. The van der Waals surface area contributed by atoms with Crippen LogP contribution in [0.5, 0.6) is 11.5 Å². The fourth-order valence-corrected chi connectivity index (χ4v) is 3.71. The van der Waals surface area contributed by atoms with E-state index < -0.39 is 21.0 Å². The van der Waals surface area contributed by atoms with E-state index >= 15 is 0 Å². The van der Waals surface area contributed by atoms with E-state index in [0.29, 0.717) is 17.1 Å². The minimum atomic E-state index is -3.65. The lowest BCUT2D eigenvalue weighted by Gasteiger charge is -2.08. The molecule has 28 heavy (non-hydrogen) atoms. The van der Waals surface area contributed by atoms with E-state index in [1.54, 1.807) is 18.2 Å². The molecule has 1 N–H and O–H groups in total. The first-order valence-electron chi connectivity index (χ1n) is 7.95. The van der Waals surface area contributed by atoms with Gasteiger partial charge in [0.15, 0.2) is 11.5 Å². The molecule has 1 amide bonds. The topological polar surface area (TPSA) is 131 Å². The molecule has 2 rings (SSSR count). The largest absolute Gasteiger partial charge is 0.493 e. The third kappa shape index (κ3) is 4.65. The summed E-state index contributed by atoms with van der Waals surface area (Å²) in [5.41, 5.74) is 0.348. The number of carbonyl (C=O) groups is 1. The van der Waals surface area contributed by atoms with E-state index in [0.717, 1.165) is 11.5 Å². The van der Waals surface area contributed by atoms with Crippen molar-refractivity contribution in [3.8, 4) is 17.6 Å². The van der Waals surface area contributed by atoms with Crippen molar-refractivity contribution in [2.24, 2.45) is 0 Å². The number of carbonyl (C=O) groups excluding carboxylic acids is 1. The van der Waals surface area contributed by atoms with E-state index in [-0.39, 0.29) is 15.9 Å². The number of hydrogen-bond donors (Lipinski definition) is 1. The summed E-state index contributed by atoms with van der Waals surface area (Å²) in [7, 11) is -0.678. The highest BCUT2D eigenvalue weighted by atomic mass is 32.2. The molecule has 0 unspecified atom stereocenters. The average molecular weight is 422 g/mol. The number of amides is 1. The highest BCUT2D eigenvalue weighted by molar-refractivity contribution is 7.91. The molecule has 0 aliphatic heterocycles. The van der Waals surface area contributed by atoms with Crippen LogP contribution in [-0.4, -0.2) is 43.2 Å². The monoisotopic (exact) mass is 422 g/mol. The van der Waals surface area contributed by atoms with Crippen LogP contribution in [0.2, 0.25) is 0 Å². The summed E-state index contributed by atoms with van der Waals surface area (Å²) in [5, 5.41) is 10.6. The Morgan fingerprint density at radius 3 is 2.54 bits per heavy atom. The van der Waals surface area contributed by atoms with E-state index in [1.165, 1.54) is 34.1 Å². The Morgan fingerprint density at radius 1 is 1.29 bits per heavy atom. The van der Waals surface area contributed by atoms with Crippen LogP contribution in [0, 0.1) is 11.3 Å². The summed E-state index contributed by atoms with van der Waals surface area (Å²) < 4.78 is 38.2. The van der Waals surface area contributed by atoms with Crippen molar-refractivity contribution in [2.45, 2.75) is 24.3 Å². The number of nitrogens with zero attached hydrogens (tertiary/aromatic N) is 3. The van der Waals surface area contributed by atoms with E-state index in [1.807, 2.05) is 6.07 Å². The van der Waals surface area contributed by atoms with Crippen LogP contribution in [0.25, 0.3) is 6.08 Å². The molecule has 0 atom stereocenters. The van der Waals surface area contributed by atoms with Crippen LogP contribution in [0.1, 0.15) is 19.4 Å². The van der Waals surface area contributed by atoms with Gasteiger partial charge in [0.25, 0.3) is 11.1 Å². The maximum atomic E-state index is 12.4. The van der Waals surface area contributed by atoms with E-state index in [4.69, 9.17) is 9.47 Å². The number of rotatable bonds is 7. The number of sulfone groups is 1. The van der Waals surface area contributed by atoms with Crippen molar-refractivity contribution in [1.29, 1.82) is 5.26 Å². The van der Waals surface area contributed by atoms with Crippen molar-refractivity contribution in [3.05, 3.63) is 29.3 Å². The molecule has 0 saturated heterocycles. The minimum absolute atomic E-state index is 0.0160. The maximum Gasteiger partial charge on any atom is 0.268 e. The molecule has 0 saturated carbocycles. The van der Waals surface area contributed by atoms with Gasteiger partial charge in [-0.1, -0.05) is 6.07 Å². The Morgan fingerprint density at radius 2 is 1.96 bits per heavy atom. The fourth-order valence-electron chi connectivity index (χ4n) is 2.01. The number of methoxy groups -OCH3 is 2. The smallest absolute Gasteiger partial charge is 0.268 e. The lowest BCUT2D eigenvalue weighted by atomic mass is 10.1. The van der Waals surface area contributed by atoms with Gasteiger partial charge in [0.2, 0.25) is 15.0 Å². The molecule has 2 aromatic rings. The Bertz CT molecular complexity index is 1050. The number of aromatic nitrogens is 2. The molecule has 148 valence electrons. The fraction of sp³-hybridized carbons (Fsp3) is 0.294. The molecule has 0 fully saturated rings. The minimum Gasteiger partial charge on any atom is -0.493 e. The highest BCUT2D eigenvalue weighted by Crippen LogP contribution is 2.28. The average Bonchev–Trinajstić information content (AvgIpc) is 3.14. The number of nitrogens with one attached hydrogen (secondary N) is 1. The zero-order valence-corrected chi connectivity index (χ0v) is 17.2. The van der Waals surface area contributed by atoms with Gasteiger partial charge in [0.1, 0.15) is 11.6 Å². The molecule has 0 radical (unpaired) electrons. The van der Waals surface area contributed by atoms with Crippen molar-refractivity contribution in [2.75, 3.05) is 19.5 Å². The summed E-state index contributed by atoms with van der Waals surface area (Å²) >= 11 is 0.722. The highest BCUT2D eigenvalue weighted by Gasteiger charge is 2.25. The third-order valence-electron chi connectivity index (χ3n) is 3.59. The molecular weight excluding hydrogens is 404 g/mol. The van der Waals surface area contributed by atoms with E-state index in [9.17, 15) is 18.5 Å². The van der Waals surface area contributed by atoms with E-state index in [2.05, 4.69) is 14.7 Å². The summed E-state index contributed by atoms with van der Waals surface area (Å²) in [6.45, 7) is 3.02. The molecule has 1 aromatic heterocycles. The number of ether oxygens (including phenoxy) is 2. The SMILES string of the molecule is COc1ccc(C=C(C#N)C(=O)Nc2nc(S(=O)(=O)C(C)C)ns2)cc1OC. The first-order chi connectivity index (χ1) is 13.2. The van der Waals surface area contributed by atoms with Crippen LogP contribution >= 0.6 is 11.5 Å². The second-order valence-corrected chi connectivity index (χ2v) is 8.86. The molecule has 0 aliphatic rings. The van der Waals surface area contributed by atoms with Crippen molar-refractivity contribution in [1.82, 2.24) is 9.36 Å². The lowest BCUT2D eigenvalue weighted by molar-refractivity contribution is -0.112. The van der Waals surface area contributed by atoms with Crippen LogP contribution in [0.15, 0.2) is 28.9 Å². The second-order valence-electron chi connectivity index (χ2n) is 5.71. The second kappa shape index (κ2) is 8.81. The standard InChI is InChI=1S/C17H18N4O5S2/c1-10(2)28(23,24)17-20-16(27-21-17)19-15(22)12(9-18)7-11-5-6-13(25-3)14(8-11)26-4/h5-8,10H,1-4H3,(H,19,20,21,22). The summed E-state index contributed by atoms with van der Waals surface area (Å²) in [6, 6.07) is 6.72. The molecule has 11 heteroatoms. The van der Waals surface area contributed by atoms with Gasteiger partial charge in [-0.25, -0.2) is 8.42 Å². The first kappa shape index (κ1) is 21.3. The molecule has 9 nitrogen and oxygen atoms in total. The number of anilines is 1. The van der Waals surface area contributed by atoms with Gasteiger partial charge in [0.05, 0.1) is 19.5 Å². The zero-order chi connectivity index (χ0) is 20.9. The predicted molar refractivity (Wildman–Crippen MR) is 104 cm³/mol. The molecule has 0 bridgehead atoms. The summed E-state index contributed by atoms with van der Waals surface area (Å²) in [5.74, 6) is 0.221. The van der Waals surface area contributed by atoms with Gasteiger partial charge in [-0.05, 0) is 37.6 Å². The van der Waals surface area contributed by atoms with Gasteiger partial charge >= 0.3 is 0 Å². The molecular formula is C17H18N4O5S2. The normalized spacial score (nSPS) is 11.8. The number of hydrogen-bond acceptors (Lipinski definition) is 9. The van der Waals surface area contributed by atoms with Gasteiger partial charge in [-0.2, -0.15) is 14.6 Å². The maximum absolute atomic E-state index is 12.4. The third-order valence-corrected chi connectivity index (χ3v) is 6.27. The van der Waals surface area contributed by atoms with Gasteiger partial charge < -0.3 is 9.47 Å². The van der Waals surface area contributed by atoms with Crippen molar-refractivity contribution >= 4 is 38.5 Å².